The summed E-state index contributed by atoms with van der Waals surface area (Å²) in [6.45, 7) is -0.726. The highest BCUT2D eigenvalue weighted by molar-refractivity contribution is 5.97. The fourth-order valence-corrected chi connectivity index (χ4v) is 3.44. The van der Waals surface area contributed by atoms with Gasteiger partial charge in [0.25, 0.3) is 11.5 Å². The normalized spacial score (nSPS) is 11.9. The van der Waals surface area contributed by atoms with E-state index in [-0.39, 0.29) is 30.0 Å². The number of imidazole rings is 1. The SMILES string of the molecule is NC(=O)[C@H](COc1ccc2[nH]c(=O)[nH]c2c1)NC(=O)c1cccn(Cc2cc(F)c(F)c(F)c2)c1=O. The average molecular weight is 501 g/mol. The molecular formula is C23H18F3N5O5. The van der Waals surface area contributed by atoms with Crippen molar-refractivity contribution in [3.8, 4) is 5.75 Å². The predicted molar refractivity (Wildman–Crippen MR) is 121 cm³/mol. The Bertz CT molecular complexity index is 1570. The lowest BCUT2D eigenvalue weighted by atomic mass is 10.2. The van der Waals surface area contributed by atoms with Gasteiger partial charge in [-0.25, -0.2) is 18.0 Å². The summed E-state index contributed by atoms with van der Waals surface area (Å²) in [5.74, 6) is -6.08. The zero-order valence-electron chi connectivity index (χ0n) is 18.3. The molecule has 0 radical (unpaired) electrons. The molecule has 2 aromatic heterocycles. The Labute approximate surface area is 199 Å². The Morgan fingerprint density at radius 2 is 1.72 bits per heavy atom. The van der Waals surface area contributed by atoms with Crippen LogP contribution < -0.4 is 27.0 Å². The molecule has 0 unspecified atom stereocenters. The summed E-state index contributed by atoms with van der Waals surface area (Å²) in [7, 11) is 0. The fraction of sp³-hybridized carbons (Fsp3) is 0.130. The van der Waals surface area contributed by atoms with E-state index in [0.29, 0.717) is 11.0 Å². The van der Waals surface area contributed by atoms with Gasteiger partial charge in [-0.3, -0.25) is 14.4 Å². The van der Waals surface area contributed by atoms with E-state index >= 15 is 0 Å². The van der Waals surface area contributed by atoms with Crippen molar-refractivity contribution < 1.29 is 27.5 Å². The van der Waals surface area contributed by atoms with E-state index in [2.05, 4.69) is 15.3 Å². The summed E-state index contributed by atoms with van der Waals surface area (Å²) < 4.78 is 46.7. The van der Waals surface area contributed by atoms with Crippen molar-refractivity contribution in [3.05, 3.63) is 98.1 Å². The number of aromatic amines is 2. The van der Waals surface area contributed by atoms with Crippen LogP contribution in [0.4, 0.5) is 13.2 Å². The second-order valence-electron chi connectivity index (χ2n) is 7.75. The molecule has 36 heavy (non-hydrogen) atoms. The first-order valence-corrected chi connectivity index (χ1v) is 10.4. The van der Waals surface area contributed by atoms with Gasteiger partial charge in [-0.15, -0.1) is 0 Å². The molecule has 0 bridgehead atoms. The maximum atomic E-state index is 13.5. The number of hydrogen-bond acceptors (Lipinski definition) is 5. The van der Waals surface area contributed by atoms with Crippen LogP contribution in [0.25, 0.3) is 11.0 Å². The van der Waals surface area contributed by atoms with Gasteiger partial charge in [0.05, 0.1) is 17.6 Å². The van der Waals surface area contributed by atoms with Gasteiger partial charge >= 0.3 is 5.69 Å². The van der Waals surface area contributed by atoms with Gasteiger partial charge in [0.15, 0.2) is 17.5 Å². The third-order valence-corrected chi connectivity index (χ3v) is 5.21. The van der Waals surface area contributed by atoms with Crippen LogP contribution in [-0.2, 0) is 11.3 Å². The number of nitrogens with two attached hydrogens (primary N) is 1. The highest BCUT2D eigenvalue weighted by atomic mass is 19.2. The Morgan fingerprint density at radius 3 is 2.42 bits per heavy atom. The first-order chi connectivity index (χ1) is 17.1. The summed E-state index contributed by atoms with van der Waals surface area (Å²) in [4.78, 5) is 53.9. The van der Waals surface area contributed by atoms with Crippen molar-refractivity contribution in [3.63, 3.8) is 0 Å². The standard InChI is InChI=1S/C23H18F3N5O5/c24-14-6-11(7-15(25)19(14)26)9-31-5-1-2-13(22(31)34)21(33)28-18(20(27)32)10-36-12-3-4-16-17(8-12)30-23(35)29-16/h1-8,18H,9-10H2,(H2,27,32)(H,28,33)(H2,29,30,35)/t18-/m0/s1. The number of nitrogens with zero attached hydrogens (tertiary/aromatic N) is 1. The van der Waals surface area contributed by atoms with Crippen molar-refractivity contribution in [1.82, 2.24) is 19.9 Å². The number of ether oxygens (including phenoxy) is 1. The minimum atomic E-state index is -1.64. The topological polar surface area (TPSA) is 152 Å². The molecule has 0 saturated carbocycles. The summed E-state index contributed by atoms with van der Waals surface area (Å²) in [6.07, 6.45) is 1.27. The molecule has 2 aromatic carbocycles. The summed E-state index contributed by atoms with van der Waals surface area (Å²) in [6, 6.07) is 7.28. The Kier molecular flexibility index (Phi) is 6.63. The number of fused-ring (bicyclic) bond motifs is 1. The molecule has 2 heterocycles. The van der Waals surface area contributed by atoms with Gasteiger partial charge in [0.1, 0.15) is 24.0 Å². The van der Waals surface area contributed by atoms with E-state index in [0.717, 1.165) is 16.7 Å². The smallest absolute Gasteiger partial charge is 0.323 e. The molecule has 0 aliphatic heterocycles. The van der Waals surface area contributed by atoms with E-state index in [1.54, 1.807) is 6.07 Å². The summed E-state index contributed by atoms with van der Waals surface area (Å²) in [5, 5.41) is 2.32. The molecule has 2 amide bonds. The molecule has 0 spiro atoms. The lowest BCUT2D eigenvalue weighted by Gasteiger charge is -2.17. The van der Waals surface area contributed by atoms with Gasteiger partial charge in [-0.2, -0.15) is 0 Å². The first kappa shape index (κ1) is 24.3. The predicted octanol–water partition coefficient (Wildman–Crippen LogP) is 1.15. The van der Waals surface area contributed by atoms with Crippen LogP contribution in [0.2, 0.25) is 0 Å². The van der Waals surface area contributed by atoms with E-state index in [1.165, 1.54) is 30.5 Å². The minimum absolute atomic E-state index is 0.0461. The molecule has 186 valence electrons. The first-order valence-electron chi connectivity index (χ1n) is 10.4. The zero-order valence-corrected chi connectivity index (χ0v) is 18.3. The molecule has 13 heteroatoms. The zero-order chi connectivity index (χ0) is 26.0. The van der Waals surface area contributed by atoms with Gasteiger partial charge in [0.2, 0.25) is 5.91 Å². The number of H-pyrrole nitrogens is 2. The molecule has 0 fully saturated rings. The van der Waals surface area contributed by atoms with Gasteiger partial charge in [-0.1, -0.05) is 0 Å². The fourth-order valence-electron chi connectivity index (χ4n) is 3.44. The lowest BCUT2D eigenvalue weighted by molar-refractivity contribution is -0.120. The van der Waals surface area contributed by atoms with Crippen LogP contribution in [0.1, 0.15) is 15.9 Å². The number of carbonyl (C=O) groups excluding carboxylic acids is 2. The molecule has 0 saturated heterocycles. The van der Waals surface area contributed by atoms with Crippen LogP contribution >= 0.6 is 0 Å². The van der Waals surface area contributed by atoms with E-state index in [4.69, 9.17) is 10.5 Å². The highest BCUT2D eigenvalue weighted by Gasteiger charge is 2.22. The summed E-state index contributed by atoms with van der Waals surface area (Å²) in [5.41, 5.74) is 4.70. The molecule has 10 nitrogen and oxygen atoms in total. The summed E-state index contributed by atoms with van der Waals surface area (Å²) >= 11 is 0. The Balaban J connectivity index is 1.48. The van der Waals surface area contributed by atoms with Crippen molar-refractivity contribution in [1.29, 1.82) is 0 Å². The Morgan fingerprint density at radius 1 is 1.03 bits per heavy atom. The molecule has 5 N–H and O–H groups in total. The highest BCUT2D eigenvalue weighted by Crippen LogP contribution is 2.17. The second-order valence-corrected chi connectivity index (χ2v) is 7.75. The molecular weight excluding hydrogens is 483 g/mol. The molecule has 1 atom stereocenters. The van der Waals surface area contributed by atoms with Crippen LogP contribution in [-0.4, -0.2) is 39.0 Å². The Hall–Kier alpha value is -4.81. The number of halogens is 3. The van der Waals surface area contributed by atoms with Gasteiger partial charge in [0, 0.05) is 12.3 Å². The molecule has 0 aliphatic rings. The number of carbonyl (C=O) groups is 2. The van der Waals surface area contributed by atoms with Crippen molar-refractivity contribution in [2.24, 2.45) is 5.73 Å². The monoisotopic (exact) mass is 501 g/mol. The van der Waals surface area contributed by atoms with E-state index < -0.39 is 46.6 Å². The van der Waals surface area contributed by atoms with Gasteiger partial charge < -0.3 is 30.3 Å². The molecule has 0 aliphatic carbocycles. The lowest BCUT2D eigenvalue weighted by Crippen LogP contribution is -2.49. The number of benzene rings is 2. The number of amides is 2. The maximum Gasteiger partial charge on any atom is 0.323 e. The van der Waals surface area contributed by atoms with Crippen molar-refractivity contribution >= 4 is 22.8 Å². The van der Waals surface area contributed by atoms with Crippen molar-refractivity contribution in [2.45, 2.75) is 12.6 Å². The van der Waals surface area contributed by atoms with Crippen LogP contribution in [0.5, 0.6) is 5.75 Å². The van der Waals surface area contributed by atoms with Crippen LogP contribution in [0, 0.1) is 17.5 Å². The van der Waals surface area contributed by atoms with Gasteiger partial charge in [-0.05, 0) is 42.0 Å². The second kappa shape index (κ2) is 9.82. The number of primary amides is 1. The number of aromatic nitrogens is 3. The third-order valence-electron chi connectivity index (χ3n) is 5.21. The van der Waals surface area contributed by atoms with Crippen LogP contribution in [0.15, 0.2) is 58.3 Å². The van der Waals surface area contributed by atoms with Crippen molar-refractivity contribution in [2.75, 3.05) is 6.61 Å². The molecule has 4 aromatic rings. The average Bonchev–Trinajstić information content (AvgIpc) is 3.20. The quantitative estimate of drug-likeness (QED) is 0.267. The van der Waals surface area contributed by atoms with E-state index in [9.17, 15) is 32.3 Å². The third kappa shape index (κ3) is 5.14. The molecule has 4 rings (SSSR count). The number of pyridine rings is 1. The van der Waals surface area contributed by atoms with Crippen LogP contribution in [0.3, 0.4) is 0 Å². The number of rotatable bonds is 8. The minimum Gasteiger partial charge on any atom is -0.491 e. The van der Waals surface area contributed by atoms with E-state index in [1.807, 2.05) is 0 Å². The number of hydrogen-bond donors (Lipinski definition) is 4. The largest absolute Gasteiger partial charge is 0.491 e. The maximum absolute atomic E-state index is 13.5. The number of nitrogens with one attached hydrogen (secondary N) is 3.